The number of terminal acetylenes is 1. The minimum absolute atomic E-state index is 0.0802. The molecule has 0 aliphatic carbocycles. The Morgan fingerprint density at radius 1 is 1.47 bits per heavy atom. The van der Waals surface area contributed by atoms with Gasteiger partial charge in [0.2, 0.25) is 0 Å². The van der Waals surface area contributed by atoms with Gasteiger partial charge < -0.3 is 14.8 Å². The molecule has 0 spiro atoms. The van der Waals surface area contributed by atoms with E-state index in [2.05, 4.69) is 11.2 Å². The fraction of sp³-hybridized carbons (Fsp3) is 0.231. The topological polar surface area (TPSA) is 64.6 Å². The molecule has 100 valence electrons. The minimum atomic E-state index is -0.699. The molecular weight excluding hydrogens is 270 g/mol. The lowest BCUT2D eigenvalue weighted by molar-refractivity contribution is -0.123. The minimum Gasteiger partial charge on any atom is -0.496 e. The van der Waals surface area contributed by atoms with Crippen LogP contribution in [0.4, 0.5) is 0 Å². The first kappa shape index (κ1) is 14.9. The second kappa shape index (κ2) is 7.29. The summed E-state index contributed by atoms with van der Waals surface area (Å²) in [5.41, 5.74) is 0.153. The van der Waals surface area contributed by atoms with Gasteiger partial charge in [0.25, 0.3) is 5.91 Å². The van der Waals surface area contributed by atoms with E-state index in [-0.39, 0.29) is 12.1 Å². The second-order valence-corrected chi connectivity index (χ2v) is 3.84. The quantitative estimate of drug-likeness (QED) is 0.652. The smallest absolute Gasteiger partial charge is 0.342 e. The first-order chi connectivity index (χ1) is 9.08. The highest BCUT2D eigenvalue weighted by Crippen LogP contribution is 2.23. The molecule has 1 N–H and O–H groups in total. The molecule has 0 fully saturated rings. The van der Waals surface area contributed by atoms with Crippen molar-refractivity contribution in [3.63, 3.8) is 0 Å². The third-order valence-electron chi connectivity index (χ3n) is 2.10. The predicted octanol–water partition coefficient (Wildman–Crippen LogP) is 1.25. The SMILES string of the molecule is C#CCNC(=O)COC(=O)c1cc(Cl)ccc1OC. The Morgan fingerprint density at radius 3 is 2.84 bits per heavy atom. The normalized spacial score (nSPS) is 9.32. The maximum atomic E-state index is 11.8. The molecule has 0 aromatic heterocycles. The number of halogens is 1. The van der Waals surface area contributed by atoms with E-state index in [1.54, 1.807) is 6.07 Å². The van der Waals surface area contributed by atoms with Crippen molar-refractivity contribution < 1.29 is 19.1 Å². The Kier molecular flexibility index (Phi) is 5.71. The average molecular weight is 282 g/mol. The van der Waals surface area contributed by atoms with E-state index < -0.39 is 18.5 Å². The number of nitrogens with one attached hydrogen (secondary N) is 1. The van der Waals surface area contributed by atoms with Crippen LogP contribution in [0.5, 0.6) is 5.75 Å². The van der Waals surface area contributed by atoms with Crippen LogP contribution in [0.1, 0.15) is 10.4 Å². The van der Waals surface area contributed by atoms with Crippen LogP contribution in [0.3, 0.4) is 0 Å². The Balaban J connectivity index is 2.66. The highest BCUT2D eigenvalue weighted by atomic mass is 35.5. The summed E-state index contributed by atoms with van der Waals surface area (Å²) in [6.45, 7) is -0.340. The zero-order valence-electron chi connectivity index (χ0n) is 10.2. The van der Waals surface area contributed by atoms with E-state index in [0.717, 1.165) is 0 Å². The van der Waals surface area contributed by atoms with Crippen LogP contribution < -0.4 is 10.1 Å². The highest BCUT2D eigenvalue weighted by Gasteiger charge is 2.15. The first-order valence-corrected chi connectivity index (χ1v) is 5.67. The van der Waals surface area contributed by atoms with Gasteiger partial charge in [0.1, 0.15) is 11.3 Å². The number of esters is 1. The number of carbonyl (C=O) groups is 2. The van der Waals surface area contributed by atoms with Crippen molar-refractivity contribution in [2.45, 2.75) is 0 Å². The lowest BCUT2D eigenvalue weighted by Crippen LogP contribution is -2.29. The number of hydrogen-bond acceptors (Lipinski definition) is 4. The highest BCUT2D eigenvalue weighted by molar-refractivity contribution is 6.31. The third kappa shape index (κ3) is 4.53. The molecule has 1 rings (SSSR count). The molecule has 0 atom stereocenters. The van der Waals surface area contributed by atoms with E-state index >= 15 is 0 Å². The number of ether oxygens (including phenoxy) is 2. The van der Waals surface area contributed by atoms with Gasteiger partial charge in [0, 0.05) is 5.02 Å². The van der Waals surface area contributed by atoms with Crippen LogP contribution in [0, 0.1) is 12.3 Å². The molecular formula is C13H12ClNO4. The van der Waals surface area contributed by atoms with Gasteiger partial charge in [0.05, 0.1) is 13.7 Å². The summed E-state index contributed by atoms with van der Waals surface area (Å²) < 4.78 is 9.83. The molecule has 0 heterocycles. The lowest BCUT2D eigenvalue weighted by atomic mass is 10.2. The van der Waals surface area contributed by atoms with Crippen molar-refractivity contribution in [2.75, 3.05) is 20.3 Å². The van der Waals surface area contributed by atoms with Gasteiger partial charge in [-0.1, -0.05) is 17.5 Å². The molecule has 1 aromatic carbocycles. The zero-order valence-corrected chi connectivity index (χ0v) is 11.0. The number of carbonyl (C=O) groups excluding carboxylic acids is 2. The second-order valence-electron chi connectivity index (χ2n) is 3.40. The van der Waals surface area contributed by atoms with E-state index in [1.165, 1.54) is 19.2 Å². The maximum Gasteiger partial charge on any atom is 0.342 e. The first-order valence-electron chi connectivity index (χ1n) is 5.29. The molecule has 0 aliphatic rings. The van der Waals surface area contributed by atoms with Crippen LogP contribution in [-0.4, -0.2) is 32.1 Å². The van der Waals surface area contributed by atoms with Gasteiger partial charge in [-0.25, -0.2) is 4.79 Å². The van der Waals surface area contributed by atoms with E-state index in [9.17, 15) is 9.59 Å². The fourth-order valence-corrected chi connectivity index (χ4v) is 1.42. The Bertz CT molecular complexity index is 522. The van der Waals surface area contributed by atoms with Crippen molar-refractivity contribution in [3.05, 3.63) is 28.8 Å². The fourth-order valence-electron chi connectivity index (χ4n) is 1.25. The number of rotatable bonds is 5. The summed E-state index contributed by atoms with van der Waals surface area (Å²) in [5.74, 6) is 1.37. The molecule has 19 heavy (non-hydrogen) atoms. The van der Waals surface area contributed by atoms with Crippen LogP contribution in [0.25, 0.3) is 0 Å². The Labute approximate surface area is 115 Å². The van der Waals surface area contributed by atoms with Gasteiger partial charge >= 0.3 is 5.97 Å². The molecule has 1 aromatic rings. The zero-order chi connectivity index (χ0) is 14.3. The van der Waals surface area contributed by atoms with Crippen LogP contribution in [0.2, 0.25) is 5.02 Å². The number of hydrogen-bond donors (Lipinski definition) is 1. The summed E-state index contributed by atoms with van der Waals surface area (Å²) >= 11 is 5.78. The lowest BCUT2D eigenvalue weighted by Gasteiger charge is -2.08. The standard InChI is InChI=1S/C13H12ClNO4/c1-3-6-15-12(16)8-19-13(17)10-7-9(14)4-5-11(10)18-2/h1,4-5,7H,6,8H2,2H3,(H,15,16). The Hall–Kier alpha value is -2.19. The van der Waals surface area contributed by atoms with Crippen molar-refractivity contribution in [1.29, 1.82) is 0 Å². The van der Waals surface area contributed by atoms with Crippen LogP contribution in [-0.2, 0) is 9.53 Å². The average Bonchev–Trinajstić information content (AvgIpc) is 2.42. The number of benzene rings is 1. The monoisotopic (exact) mass is 281 g/mol. The summed E-state index contributed by atoms with van der Waals surface area (Å²) in [5, 5.41) is 2.73. The molecule has 6 heteroatoms. The predicted molar refractivity (Wildman–Crippen MR) is 70.1 cm³/mol. The van der Waals surface area contributed by atoms with Crippen molar-refractivity contribution >= 4 is 23.5 Å². The molecule has 0 bridgehead atoms. The van der Waals surface area contributed by atoms with Gasteiger partial charge in [-0.2, -0.15) is 0 Å². The van der Waals surface area contributed by atoms with Crippen molar-refractivity contribution in [2.24, 2.45) is 0 Å². The van der Waals surface area contributed by atoms with Crippen LogP contribution >= 0.6 is 11.6 Å². The maximum absolute atomic E-state index is 11.8. The van der Waals surface area contributed by atoms with Gasteiger partial charge in [-0.15, -0.1) is 6.42 Å². The molecule has 0 unspecified atom stereocenters. The summed E-state index contributed by atoms with van der Waals surface area (Å²) in [6, 6.07) is 4.52. The van der Waals surface area contributed by atoms with E-state index in [4.69, 9.17) is 27.5 Å². The molecule has 5 nitrogen and oxygen atoms in total. The van der Waals surface area contributed by atoms with Gasteiger partial charge in [-0.05, 0) is 18.2 Å². The van der Waals surface area contributed by atoms with Crippen molar-refractivity contribution in [1.82, 2.24) is 5.32 Å². The third-order valence-corrected chi connectivity index (χ3v) is 2.34. The van der Waals surface area contributed by atoms with Crippen molar-refractivity contribution in [3.8, 4) is 18.1 Å². The van der Waals surface area contributed by atoms with E-state index in [1.807, 2.05) is 0 Å². The summed E-state index contributed by atoms with van der Waals surface area (Å²) in [7, 11) is 1.42. The van der Waals surface area contributed by atoms with Crippen LogP contribution in [0.15, 0.2) is 18.2 Å². The van der Waals surface area contributed by atoms with Gasteiger partial charge in [-0.3, -0.25) is 4.79 Å². The Morgan fingerprint density at radius 2 is 2.21 bits per heavy atom. The summed E-state index contributed by atoms with van der Waals surface area (Å²) in [6.07, 6.45) is 4.97. The van der Waals surface area contributed by atoms with Gasteiger partial charge in [0.15, 0.2) is 6.61 Å². The molecule has 0 saturated heterocycles. The molecule has 0 saturated carbocycles. The number of methoxy groups -OCH3 is 1. The summed E-state index contributed by atoms with van der Waals surface area (Å²) in [4.78, 5) is 23.0. The van der Waals surface area contributed by atoms with E-state index in [0.29, 0.717) is 10.8 Å². The molecule has 1 amide bonds. The largest absolute Gasteiger partial charge is 0.496 e. The molecule has 0 aliphatic heterocycles. The molecule has 0 radical (unpaired) electrons. The number of amides is 1.